The molecule has 3 rings (SSSR count). The van der Waals surface area contributed by atoms with Crippen LogP contribution in [-0.2, 0) is 14.8 Å². The number of sulfonamides is 1. The summed E-state index contributed by atoms with van der Waals surface area (Å²) >= 11 is 11.8. The molecule has 0 unspecified atom stereocenters. The molecular formula is C19H18Cl2FN3O4S. The van der Waals surface area contributed by atoms with Crippen molar-refractivity contribution in [1.29, 1.82) is 0 Å². The Kier molecular flexibility index (Phi) is 6.66. The minimum absolute atomic E-state index is 0.0368. The number of nitrogens with zero attached hydrogens (tertiary/aromatic N) is 1. The summed E-state index contributed by atoms with van der Waals surface area (Å²) in [7, 11) is -4.20. The molecular weight excluding hydrogens is 456 g/mol. The van der Waals surface area contributed by atoms with Gasteiger partial charge in [-0.1, -0.05) is 23.2 Å². The lowest BCUT2D eigenvalue weighted by Crippen LogP contribution is -2.42. The molecule has 2 amide bonds. The molecule has 1 aliphatic rings. The minimum atomic E-state index is -4.20. The second-order valence-corrected chi connectivity index (χ2v) is 9.53. The van der Waals surface area contributed by atoms with Crippen LogP contribution in [-0.4, -0.2) is 37.6 Å². The molecule has 0 atom stereocenters. The number of anilines is 1. The van der Waals surface area contributed by atoms with E-state index >= 15 is 0 Å². The predicted molar refractivity (Wildman–Crippen MR) is 111 cm³/mol. The van der Waals surface area contributed by atoms with E-state index in [9.17, 15) is 22.4 Å². The van der Waals surface area contributed by atoms with Gasteiger partial charge >= 0.3 is 0 Å². The largest absolute Gasteiger partial charge is 0.369 e. The quantitative estimate of drug-likeness (QED) is 0.693. The van der Waals surface area contributed by atoms with Crippen molar-refractivity contribution >= 4 is 50.7 Å². The van der Waals surface area contributed by atoms with E-state index < -0.39 is 38.5 Å². The Morgan fingerprint density at radius 3 is 2.33 bits per heavy atom. The van der Waals surface area contributed by atoms with E-state index in [2.05, 4.69) is 5.32 Å². The molecule has 0 aliphatic carbocycles. The summed E-state index contributed by atoms with van der Waals surface area (Å²) < 4.78 is 41.3. The highest BCUT2D eigenvalue weighted by Gasteiger charge is 2.33. The average Bonchev–Trinajstić information content (AvgIpc) is 2.71. The molecule has 0 aromatic heterocycles. The van der Waals surface area contributed by atoms with E-state index in [0.717, 1.165) is 16.4 Å². The highest BCUT2D eigenvalue weighted by Crippen LogP contribution is 2.28. The normalized spacial score (nSPS) is 15.7. The molecule has 3 N–H and O–H groups in total. The summed E-state index contributed by atoms with van der Waals surface area (Å²) in [4.78, 5) is 23.2. The molecule has 160 valence electrons. The topological polar surface area (TPSA) is 110 Å². The summed E-state index contributed by atoms with van der Waals surface area (Å²) in [5.74, 6) is -2.51. The Balaban J connectivity index is 1.83. The van der Waals surface area contributed by atoms with Crippen LogP contribution < -0.4 is 11.1 Å². The highest BCUT2D eigenvalue weighted by molar-refractivity contribution is 7.89. The number of benzene rings is 2. The monoisotopic (exact) mass is 473 g/mol. The maximum atomic E-state index is 14.4. The van der Waals surface area contributed by atoms with Crippen LogP contribution in [0.2, 0.25) is 10.0 Å². The van der Waals surface area contributed by atoms with Crippen molar-refractivity contribution in [2.45, 2.75) is 17.7 Å². The second-order valence-electron chi connectivity index (χ2n) is 6.81. The zero-order chi connectivity index (χ0) is 22.1. The van der Waals surface area contributed by atoms with Gasteiger partial charge in [-0.3, -0.25) is 9.59 Å². The molecule has 30 heavy (non-hydrogen) atoms. The van der Waals surface area contributed by atoms with Gasteiger partial charge in [-0.25, -0.2) is 12.8 Å². The summed E-state index contributed by atoms with van der Waals surface area (Å²) in [6.07, 6.45) is 0.515. The lowest BCUT2D eigenvalue weighted by molar-refractivity contribution is -0.122. The lowest BCUT2D eigenvalue weighted by atomic mass is 9.98. The maximum Gasteiger partial charge on any atom is 0.255 e. The van der Waals surface area contributed by atoms with Gasteiger partial charge in [0.2, 0.25) is 15.9 Å². The first-order chi connectivity index (χ1) is 14.1. The van der Waals surface area contributed by atoms with E-state index in [1.807, 2.05) is 0 Å². The smallest absolute Gasteiger partial charge is 0.255 e. The molecule has 1 fully saturated rings. The van der Waals surface area contributed by atoms with Crippen molar-refractivity contribution in [3.63, 3.8) is 0 Å². The number of amides is 2. The zero-order valence-corrected chi connectivity index (χ0v) is 17.9. The number of hydrogen-bond donors (Lipinski definition) is 2. The second kappa shape index (κ2) is 8.89. The van der Waals surface area contributed by atoms with Crippen LogP contribution >= 0.6 is 23.2 Å². The van der Waals surface area contributed by atoms with Crippen molar-refractivity contribution in [3.05, 3.63) is 57.8 Å². The zero-order valence-electron chi connectivity index (χ0n) is 15.6. The Morgan fingerprint density at radius 1 is 1.07 bits per heavy atom. The van der Waals surface area contributed by atoms with E-state index in [1.54, 1.807) is 0 Å². The summed E-state index contributed by atoms with van der Waals surface area (Å²) in [6, 6.07) is 7.54. The van der Waals surface area contributed by atoms with Gasteiger partial charge in [0.1, 0.15) is 10.7 Å². The number of halogens is 3. The number of hydrogen-bond acceptors (Lipinski definition) is 4. The fourth-order valence-corrected chi connectivity index (χ4v) is 5.00. The minimum Gasteiger partial charge on any atom is -0.369 e. The number of nitrogens with one attached hydrogen (secondary N) is 1. The van der Waals surface area contributed by atoms with E-state index in [0.29, 0.717) is 10.7 Å². The van der Waals surface area contributed by atoms with E-state index in [-0.39, 0.29) is 36.5 Å². The van der Waals surface area contributed by atoms with Crippen LogP contribution in [0.3, 0.4) is 0 Å². The van der Waals surface area contributed by atoms with Gasteiger partial charge in [0, 0.05) is 30.3 Å². The van der Waals surface area contributed by atoms with Crippen LogP contribution in [0.5, 0.6) is 0 Å². The summed E-state index contributed by atoms with van der Waals surface area (Å²) in [6.45, 7) is 0.0736. The molecule has 0 bridgehead atoms. The first kappa shape index (κ1) is 22.5. The third kappa shape index (κ3) is 4.75. The average molecular weight is 474 g/mol. The molecule has 11 heteroatoms. The Labute approximate surface area is 183 Å². The number of nitrogens with two attached hydrogens (primary N) is 1. The maximum absolute atomic E-state index is 14.4. The first-order valence-electron chi connectivity index (χ1n) is 8.95. The number of rotatable bonds is 5. The lowest BCUT2D eigenvalue weighted by Gasteiger charge is -2.29. The van der Waals surface area contributed by atoms with Crippen molar-refractivity contribution in [1.82, 2.24) is 4.31 Å². The van der Waals surface area contributed by atoms with Crippen molar-refractivity contribution in [3.8, 4) is 0 Å². The van der Waals surface area contributed by atoms with Crippen LogP contribution in [0.1, 0.15) is 23.2 Å². The van der Waals surface area contributed by atoms with Crippen LogP contribution in [0.25, 0.3) is 0 Å². The molecule has 0 radical (unpaired) electrons. The molecule has 1 heterocycles. The fourth-order valence-electron chi connectivity index (χ4n) is 3.14. The molecule has 0 spiro atoms. The number of piperidine rings is 1. The SMILES string of the molecule is NC(=O)C1CCN(S(=O)(=O)c2cc(C(=O)Nc3ccc(Cl)c(Cl)c3)ccc2F)CC1. The molecule has 0 saturated carbocycles. The Hall–Kier alpha value is -2.20. The van der Waals surface area contributed by atoms with Gasteiger partial charge in [0.15, 0.2) is 0 Å². The summed E-state index contributed by atoms with van der Waals surface area (Å²) in [5.41, 5.74) is 5.56. The van der Waals surface area contributed by atoms with Crippen molar-refractivity contribution in [2.24, 2.45) is 11.7 Å². The molecule has 2 aromatic rings. The van der Waals surface area contributed by atoms with Gasteiger partial charge in [0.05, 0.1) is 10.0 Å². The van der Waals surface area contributed by atoms with Gasteiger partial charge in [-0.05, 0) is 49.2 Å². The van der Waals surface area contributed by atoms with Gasteiger partial charge in [-0.2, -0.15) is 4.31 Å². The fraction of sp³-hybridized carbons (Fsp3) is 0.263. The van der Waals surface area contributed by atoms with Crippen LogP contribution in [0, 0.1) is 11.7 Å². The molecule has 7 nitrogen and oxygen atoms in total. The van der Waals surface area contributed by atoms with Gasteiger partial charge in [0.25, 0.3) is 5.91 Å². The number of carbonyl (C=O) groups excluding carboxylic acids is 2. The van der Waals surface area contributed by atoms with E-state index in [1.165, 1.54) is 24.3 Å². The molecule has 1 saturated heterocycles. The number of primary amides is 1. The first-order valence-corrected chi connectivity index (χ1v) is 11.1. The summed E-state index contributed by atoms with van der Waals surface area (Å²) in [5, 5.41) is 3.10. The van der Waals surface area contributed by atoms with Crippen LogP contribution in [0.15, 0.2) is 41.3 Å². The molecule has 1 aliphatic heterocycles. The molecule has 2 aromatic carbocycles. The third-order valence-electron chi connectivity index (χ3n) is 4.84. The van der Waals surface area contributed by atoms with Crippen LogP contribution in [0.4, 0.5) is 10.1 Å². The standard InChI is InChI=1S/C19H18Cl2FN3O4S/c20-14-3-2-13(10-15(14)21)24-19(27)12-1-4-16(22)17(9-12)30(28,29)25-7-5-11(6-8-25)18(23)26/h1-4,9-11H,5-8H2,(H2,23,26)(H,24,27). The van der Waals surface area contributed by atoms with Crippen molar-refractivity contribution < 1.29 is 22.4 Å². The van der Waals surface area contributed by atoms with E-state index in [4.69, 9.17) is 28.9 Å². The van der Waals surface area contributed by atoms with Crippen molar-refractivity contribution in [2.75, 3.05) is 18.4 Å². The Bertz CT molecular complexity index is 1100. The number of carbonyl (C=O) groups is 2. The predicted octanol–water partition coefficient (Wildman–Crippen LogP) is 3.27. The third-order valence-corrected chi connectivity index (χ3v) is 7.50. The van der Waals surface area contributed by atoms with Gasteiger partial charge in [-0.15, -0.1) is 0 Å². The van der Waals surface area contributed by atoms with Gasteiger partial charge < -0.3 is 11.1 Å². The highest BCUT2D eigenvalue weighted by atomic mass is 35.5. The Morgan fingerprint density at radius 2 is 1.73 bits per heavy atom.